The molecule has 2 heterocycles. The number of hydrogen-bond acceptors (Lipinski definition) is 8. The average molecular weight is 481 g/mol. The number of thioether (sulfide) groups is 1. The van der Waals surface area contributed by atoms with E-state index in [1.807, 2.05) is 24.3 Å². The number of aromatic nitrogens is 1. The lowest BCUT2D eigenvalue weighted by Gasteiger charge is -2.18. The predicted octanol–water partition coefficient (Wildman–Crippen LogP) is 4.28. The Morgan fingerprint density at radius 3 is 2.64 bits per heavy atom. The van der Waals surface area contributed by atoms with Gasteiger partial charge in [-0.2, -0.15) is 0 Å². The topological polar surface area (TPSA) is 93.1 Å². The molecule has 0 fully saturated rings. The molecule has 2 amide bonds. The number of rotatable bonds is 7. The van der Waals surface area contributed by atoms with E-state index in [0.29, 0.717) is 21.7 Å². The number of benzene rings is 2. The van der Waals surface area contributed by atoms with Gasteiger partial charge in [0.15, 0.2) is 10.3 Å². The van der Waals surface area contributed by atoms with Crippen molar-refractivity contribution in [1.82, 2.24) is 4.98 Å². The minimum Gasteiger partial charge on any atom is -0.497 e. The summed E-state index contributed by atoms with van der Waals surface area (Å²) < 4.78 is 10.5. The van der Waals surface area contributed by atoms with Gasteiger partial charge in [0, 0.05) is 17.6 Å². The van der Waals surface area contributed by atoms with Crippen molar-refractivity contribution < 1.29 is 19.1 Å². The van der Waals surface area contributed by atoms with E-state index in [1.165, 1.54) is 28.0 Å². The Morgan fingerprint density at radius 1 is 1.15 bits per heavy atom. The van der Waals surface area contributed by atoms with Crippen molar-refractivity contribution in [2.45, 2.75) is 0 Å². The van der Waals surface area contributed by atoms with Gasteiger partial charge in [0.2, 0.25) is 5.91 Å². The highest BCUT2D eigenvalue weighted by Gasteiger charge is 2.32. The first-order valence-corrected chi connectivity index (χ1v) is 11.7. The second-order valence-electron chi connectivity index (χ2n) is 6.71. The lowest BCUT2D eigenvalue weighted by Crippen LogP contribution is -2.31. The molecule has 1 aliphatic rings. The van der Waals surface area contributed by atoms with Gasteiger partial charge in [0.25, 0.3) is 5.91 Å². The smallest absolute Gasteiger partial charge is 0.283 e. The number of hydrogen-bond donors (Lipinski definition) is 1. The van der Waals surface area contributed by atoms with Crippen LogP contribution >= 0.6 is 23.1 Å². The summed E-state index contributed by atoms with van der Waals surface area (Å²) in [7, 11) is 3.16. The second-order valence-corrected chi connectivity index (χ2v) is 8.55. The van der Waals surface area contributed by atoms with Crippen molar-refractivity contribution >= 4 is 57.0 Å². The molecule has 1 aromatic heterocycles. The Kier molecular flexibility index (Phi) is 7.06. The van der Waals surface area contributed by atoms with Crippen LogP contribution in [0.3, 0.4) is 0 Å². The molecule has 0 atom stereocenters. The largest absolute Gasteiger partial charge is 0.497 e. The standard InChI is InChI=1S/C23H20N4O4S2/c1-30-17-8-6-15(7-9-17)12-19-21(29)27(16-4-3-5-18(13-16)31-2)23(25-19)33-14-20(28)26-22-24-10-11-32-22/h3-13H,14H2,1-2H3,(H,24,26,28)/b19-12-. The third kappa shape index (κ3) is 5.41. The van der Waals surface area contributed by atoms with E-state index in [1.54, 1.807) is 56.1 Å². The molecule has 33 heavy (non-hydrogen) atoms. The molecule has 4 rings (SSSR count). The van der Waals surface area contributed by atoms with Crippen molar-refractivity contribution in [3.05, 3.63) is 71.4 Å². The van der Waals surface area contributed by atoms with E-state index in [0.717, 1.165) is 11.3 Å². The number of thiazole rings is 1. The molecule has 1 aliphatic heterocycles. The highest BCUT2D eigenvalue weighted by Crippen LogP contribution is 2.31. The molecular weight excluding hydrogens is 460 g/mol. The monoisotopic (exact) mass is 480 g/mol. The highest BCUT2D eigenvalue weighted by atomic mass is 32.2. The van der Waals surface area contributed by atoms with E-state index in [-0.39, 0.29) is 23.3 Å². The van der Waals surface area contributed by atoms with E-state index < -0.39 is 0 Å². The first kappa shape index (κ1) is 22.6. The van der Waals surface area contributed by atoms with Gasteiger partial charge in [-0.05, 0) is 35.9 Å². The summed E-state index contributed by atoms with van der Waals surface area (Å²) >= 11 is 2.51. The molecule has 0 bridgehead atoms. The third-order valence-corrected chi connectivity index (χ3v) is 6.20. The highest BCUT2D eigenvalue weighted by molar-refractivity contribution is 8.14. The number of amidine groups is 1. The van der Waals surface area contributed by atoms with Crippen LogP contribution in [0, 0.1) is 0 Å². The molecule has 3 aromatic rings. The molecule has 0 aliphatic carbocycles. The molecule has 1 N–H and O–H groups in total. The lowest BCUT2D eigenvalue weighted by atomic mass is 10.2. The van der Waals surface area contributed by atoms with Crippen molar-refractivity contribution in [2.24, 2.45) is 4.99 Å². The third-order valence-electron chi connectivity index (χ3n) is 4.57. The normalized spacial score (nSPS) is 14.4. The average Bonchev–Trinajstić information content (AvgIpc) is 3.46. The number of nitrogens with zero attached hydrogens (tertiary/aromatic N) is 3. The van der Waals surface area contributed by atoms with Crippen molar-refractivity contribution in [1.29, 1.82) is 0 Å². The molecular formula is C23H20N4O4S2. The molecule has 0 spiro atoms. The van der Waals surface area contributed by atoms with Crippen LogP contribution in [0.2, 0.25) is 0 Å². The Morgan fingerprint density at radius 2 is 1.94 bits per heavy atom. The Balaban J connectivity index is 1.60. The maximum atomic E-state index is 13.3. The summed E-state index contributed by atoms with van der Waals surface area (Å²) in [5.41, 5.74) is 1.68. The Bertz CT molecular complexity index is 1210. The summed E-state index contributed by atoms with van der Waals surface area (Å²) in [5, 5.41) is 5.44. The van der Waals surface area contributed by atoms with Crippen LogP contribution in [0.5, 0.6) is 11.5 Å². The van der Waals surface area contributed by atoms with Crippen LogP contribution in [0.15, 0.2) is 70.8 Å². The number of methoxy groups -OCH3 is 2. The van der Waals surface area contributed by atoms with Crippen LogP contribution in [-0.4, -0.2) is 41.9 Å². The number of ether oxygens (including phenoxy) is 2. The van der Waals surface area contributed by atoms with Crippen LogP contribution in [0.4, 0.5) is 10.8 Å². The molecule has 0 unspecified atom stereocenters. The van der Waals surface area contributed by atoms with Crippen LogP contribution in [0.1, 0.15) is 5.56 Å². The van der Waals surface area contributed by atoms with Crippen molar-refractivity contribution in [3.63, 3.8) is 0 Å². The molecule has 2 aromatic carbocycles. The first-order valence-electron chi connectivity index (χ1n) is 9.82. The number of anilines is 2. The van der Waals surface area contributed by atoms with Gasteiger partial charge in [0.05, 0.1) is 25.7 Å². The van der Waals surface area contributed by atoms with Crippen molar-refractivity contribution in [2.75, 3.05) is 30.2 Å². The fraction of sp³-hybridized carbons (Fsp3) is 0.130. The Hall–Kier alpha value is -3.63. The van der Waals surface area contributed by atoms with E-state index in [2.05, 4.69) is 15.3 Å². The summed E-state index contributed by atoms with van der Waals surface area (Å²) in [6, 6.07) is 14.5. The Labute approximate surface area is 199 Å². The number of carbonyl (C=O) groups is 2. The fourth-order valence-corrected chi connectivity index (χ4v) is 4.36. The molecule has 0 radical (unpaired) electrons. The fourth-order valence-electron chi connectivity index (χ4n) is 3.00. The van der Waals surface area contributed by atoms with Crippen molar-refractivity contribution in [3.8, 4) is 11.5 Å². The van der Waals surface area contributed by atoms with Gasteiger partial charge >= 0.3 is 0 Å². The van der Waals surface area contributed by atoms with Crippen LogP contribution in [-0.2, 0) is 9.59 Å². The van der Waals surface area contributed by atoms with E-state index >= 15 is 0 Å². The quantitative estimate of drug-likeness (QED) is 0.508. The molecule has 0 saturated heterocycles. The summed E-state index contributed by atoms with van der Waals surface area (Å²) in [4.78, 5) is 35.7. The molecule has 168 valence electrons. The van der Waals surface area contributed by atoms with Gasteiger partial charge < -0.3 is 14.8 Å². The first-order chi connectivity index (χ1) is 16.1. The maximum absolute atomic E-state index is 13.3. The van der Waals surface area contributed by atoms with Gasteiger partial charge in [-0.25, -0.2) is 9.98 Å². The summed E-state index contributed by atoms with van der Waals surface area (Å²) in [6.07, 6.45) is 3.33. The second kappa shape index (κ2) is 10.3. The number of amides is 2. The zero-order chi connectivity index (χ0) is 23.2. The van der Waals surface area contributed by atoms with Gasteiger partial charge in [-0.15, -0.1) is 11.3 Å². The lowest BCUT2D eigenvalue weighted by molar-refractivity contribution is -0.114. The van der Waals surface area contributed by atoms with Gasteiger partial charge in [-0.1, -0.05) is 30.0 Å². The molecule has 10 heteroatoms. The SMILES string of the molecule is COc1ccc(/C=C2\N=C(SCC(=O)Nc3nccs3)N(c3cccc(OC)c3)C2=O)cc1. The maximum Gasteiger partial charge on any atom is 0.283 e. The predicted molar refractivity (Wildman–Crippen MR) is 132 cm³/mol. The number of nitrogens with one attached hydrogen (secondary N) is 1. The summed E-state index contributed by atoms with van der Waals surface area (Å²) in [6.45, 7) is 0. The number of carbonyl (C=O) groups excluding carboxylic acids is 2. The summed E-state index contributed by atoms with van der Waals surface area (Å²) in [5.74, 6) is 0.880. The van der Waals surface area contributed by atoms with Gasteiger partial charge in [-0.3, -0.25) is 14.5 Å². The van der Waals surface area contributed by atoms with E-state index in [9.17, 15) is 9.59 Å². The minimum absolute atomic E-state index is 0.0714. The molecule has 0 saturated carbocycles. The zero-order valence-electron chi connectivity index (χ0n) is 17.8. The van der Waals surface area contributed by atoms with Crippen LogP contribution < -0.4 is 19.7 Å². The minimum atomic E-state index is -0.290. The number of aliphatic imine (C=N–C) groups is 1. The zero-order valence-corrected chi connectivity index (χ0v) is 19.5. The molecule has 8 nitrogen and oxygen atoms in total. The van der Waals surface area contributed by atoms with E-state index in [4.69, 9.17) is 9.47 Å². The van der Waals surface area contributed by atoms with Crippen LogP contribution in [0.25, 0.3) is 6.08 Å². The van der Waals surface area contributed by atoms with Gasteiger partial charge in [0.1, 0.15) is 17.2 Å².